The Morgan fingerprint density at radius 1 is 1.40 bits per heavy atom. The van der Waals surface area contributed by atoms with Crippen LogP contribution in [0, 0.1) is 15.9 Å². The van der Waals surface area contributed by atoms with Gasteiger partial charge in [-0.05, 0) is 6.07 Å². The van der Waals surface area contributed by atoms with E-state index in [1.807, 2.05) is 0 Å². The molecule has 8 heteroatoms. The van der Waals surface area contributed by atoms with Gasteiger partial charge in [-0.15, -0.1) is 0 Å². The summed E-state index contributed by atoms with van der Waals surface area (Å²) < 4.78 is 28.1. The van der Waals surface area contributed by atoms with E-state index >= 15 is 0 Å². The van der Waals surface area contributed by atoms with Crippen LogP contribution in [0.4, 0.5) is 10.1 Å². The molecule has 0 bridgehead atoms. The molecule has 0 N–H and O–H groups in total. The molecule has 0 spiro atoms. The highest BCUT2D eigenvalue weighted by Gasteiger charge is 2.16. The summed E-state index contributed by atoms with van der Waals surface area (Å²) in [4.78, 5) is 10.1. The summed E-state index contributed by atoms with van der Waals surface area (Å²) in [6.07, 6.45) is 0. The monoisotopic (exact) mass is 282 g/mol. The predicted octanol–water partition coefficient (Wildman–Crippen LogP) is 2.45. The van der Waals surface area contributed by atoms with E-state index in [0.717, 1.165) is 18.2 Å². The second-order valence-electron chi connectivity index (χ2n) is 3.88. The van der Waals surface area contributed by atoms with Gasteiger partial charge in [0, 0.05) is 25.3 Å². The van der Waals surface area contributed by atoms with Crippen molar-refractivity contribution >= 4 is 5.69 Å². The third-order valence-corrected chi connectivity index (χ3v) is 2.39. The lowest BCUT2D eigenvalue weighted by molar-refractivity contribution is -0.386. The molecule has 1 aromatic carbocycles. The van der Waals surface area contributed by atoms with Gasteiger partial charge in [0.2, 0.25) is 0 Å². The van der Waals surface area contributed by atoms with Crippen molar-refractivity contribution in [2.75, 3.05) is 7.11 Å². The number of hydrogen-bond donors (Lipinski definition) is 0. The van der Waals surface area contributed by atoms with E-state index in [4.69, 9.17) is 14.0 Å². The van der Waals surface area contributed by atoms with Crippen LogP contribution in [0.3, 0.4) is 0 Å². The second-order valence-corrected chi connectivity index (χ2v) is 3.88. The van der Waals surface area contributed by atoms with E-state index in [1.54, 1.807) is 6.07 Å². The van der Waals surface area contributed by atoms with Gasteiger partial charge in [0.1, 0.15) is 24.7 Å². The summed E-state index contributed by atoms with van der Waals surface area (Å²) in [7, 11) is 1.51. The van der Waals surface area contributed by atoms with Crippen molar-refractivity contribution < 1.29 is 23.3 Å². The first kappa shape index (κ1) is 13.9. The van der Waals surface area contributed by atoms with E-state index < -0.39 is 10.7 Å². The fraction of sp³-hybridized carbons (Fsp3) is 0.250. The zero-order chi connectivity index (χ0) is 14.5. The average molecular weight is 282 g/mol. The Balaban J connectivity index is 2.09. The van der Waals surface area contributed by atoms with Crippen molar-refractivity contribution in [2.45, 2.75) is 13.2 Å². The Labute approximate surface area is 113 Å². The highest BCUT2D eigenvalue weighted by Crippen LogP contribution is 2.28. The zero-order valence-electron chi connectivity index (χ0n) is 10.5. The van der Waals surface area contributed by atoms with Crippen LogP contribution >= 0.6 is 0 Å². The molecule has 2 rings (SSSR count). The average Bonchev–Trinajstić information content (AvgIpc) is 2.84. The van der Waals surface area contributed by atoms with Crippen molar-refractivity contribution in [3.05, 3.63) is 51.7 Å². The van der Waals surface area contributed by atoms with Crippen LogP contribution in [0.2, 0.25) is 0 Å². The molecule has 0 unspecified atom stereocenters. The van der Waals surface area contributed by atoms with E-state index in [1.165, 1.54) is 7.11 Å². The van der Waals surface area contributed by atoms with Gasteiger partial charge in [0.05, 0.1) is 4.92 Å². The molecule has 7 nitrogen and oxygen atoms in total. The van der Waals surface area contributed by atoms with Crippen LogP contribution in [0.25, 0.3) is 0 Å². The van der Waals surface area contributed by atoms with Crippen LogP contribution in [0.5, 0.6) is 5.75 Å². The first-order valence-corrected chi connectivity index (χ1v) is 5.60. The number of rotatable bonds is 6. The molecule has 0 aliphatic rings. The highest BCUT2D eigenvalue weighted by atomic mass is 19.1. The van der Waals surface area contributed by atoms with E-state index in [2.05, 4.69) is 5.16 Å². The van der Waals surface area contributed by atoms with E-state index in [0.29, 0.717) is 11.5 Å². The van der Waals surface area contributed by atoms with Crippen LogP contribution in [-0.2, 0) is 18.0 Å². The third kappa shape index (κ3) is 3.29. The normalized spacial score (nSPS) is 10.5. The van der Waals surface area contributed by atoms with Gasteiger partial charge in [0.15, 0.2) is 11.5 Å². The molecule has 0 saturated carbocycles. The standard InChI is InChI=1S/C12H11FN2O5/c1-18-7-10-5-9(14-20-10)6-19-12-4-8(13)2-3-11(12)15(16)17/h2-5H,6-7H2,1H3. The molecular weight excluding hydrogens is 271 g/mol. The van der Waals surface area contributed by atoms with Gasteiger partial charge < -0.3 is 14.0 Å². The molecule has 1 aromatic heterocycles. The fourth-order valence-corrected chi connectivity index (χ4v) is 1.54. The van der Waals surface area contributed by atoms with Crippen LogP contribution in [0.1, 0.15) is 11.5 Å². The molecule has 1 heterocycles. The maximum absolute atomic E-state index is 13.1. The topological polar surface area (TPSA) is 87.6 Å². The van der Waals surface area contributed by atoms with Crippen LogP contribution in [-0.4, -0.2) is 17.2 Å². The molecule has 0 aliphatic heterocycles. The first-order valence-electron chi connectivity index (χ1n) is 5.60. The Morgan fingerprint density at radius 3 is 2.90 bits per heavy atom. The van der Waals surface area contributed by atoms with Crippen molar-refractivity contribution in [2.24, 2.45) is 0 Å². The molecule has 0 saturated heterocycles. The number of hydrogen-bond acceptors (Lipinski definition) is 6. The Kier molecular flexibility index (Phi) is 4.26. The minimum Gasteiger partial charge on any atom is -0.480 e. The van der Waals surface area contributed by atoms with Gasteiger partial charge in [0.25, 0.3) is 0 Å². The van der Waals surface area contributed by atoms with Gasteiger partial charge in [-0.2, -0.15) is 0 Å². The van der Waals surface area contributed by atoms with Crippen LogP contribution < -0.4 is 4.74 Å². The van der Waals surface area contributed by atoms with Crippen molar-refractivity contribution in [1.29, 1.82) is 0 Å². The van der Waals surface area contributed by atoms with Gasteiger partial charge in [-0.25, -0.2) is 4.39 Å². The van der Waals surface area contributed by atoms with Gasteiger partial charge in [-0.1, -0.05) is 5.16 Å². The SMILES string of the molecule is COCc1cc(COc2cc(F)ccc2[N+](=O)[O-])no1. The minimum absolute atomic E-state index is 0.0719. The number of halogens is 1. The highest BCUT2D eigenvalue weighted by molar-refractivity contribution is 5.46. The lowest BCUT2D eigenvalue weighted by Gasteiger charge is -2.04. The van der Waals surface area contributed by atoms with Crippen molar-refractivity contribution in [3.63, 3.8) is 0 Å². The van der Waals surface area contributed by atoms with Crippen molar-refractivity contribution in [1.82, 2.24) is 5.16 Å². The number of nitro groups is 1. The number of benzene rings is 1. The Hall–Kier alpha value is -2.48. The number of ether oxygens (including phenoxy) is 2. The van der Waals surface area contributed by atoms with Crippen molar-refractivity contribution in [3.8, 4) is 5.75 Å². The first-order chi connectivity index (χ1) is 9.60. The largest absolute Gasteiger partial charge is 0.480 e. The van der Waals surface area contributed by atoms with Crippen LogP contribution in [0.15, 0.2) is 28.8 Å². The molecule has 106 valence electrons. The quantitative estimate of drug-likeness (QED) is 0.597. The summed E-state index contributed by atoms with van der Waals surface area (Å²) in [6.45, 7) is 0.185. The second kappa shape index (κ2) is 6.11. The molecule has 0 amide bonds. The Morgan fingerprint density at radius 2 is 2.20 bits per heavy atom. The molecule has 0 fully saturated rings. The molecule has 0 radical (unpaired) electrons. The lowest BCUT2D eigenvalue weighted by atomic mass is 10.3. The lowest BCUT2D eigenvalue weighted by Crippen LogP contribution is -2.00. The number of methoxy groups -OCH3 is 1. The minimum atomic E-state index is -0.645. The molecular formula is C12H11FN2O5. The number of nitrogens with zero attached hydrogens (tertiary/aromatic N) is 2. The number of aromatic nitrogens is 1. The molecule has 0 aliphatic carbocycles. The summed E-state index contributed by atoms with van der Waals surface area (Å²) in [5.41, 5.74) is 0.114. The zero-order valence-corrected chi connectivity index (χ0v) is 10.5. The summed E-state index contributed by atoms with van der Waals surface area (Å²) in [5, 5.41) is 14.5. The van der Waals surface area contributed by atoms with Gasteiger partial charge in [-0.3, -0.25) is 10.1 Å². The Bertz CT molecular complexity index is 614. The summed E-state index contributed by atoms with van der Waals surface area (Å²) >= 11 is 0. The summed E-state index contributed by atoms with van der Waals surface area (Å²) in [5.74, 6) is -0.281. The molecule has 2 aromatic rings. The van der Waals surface area contributed by atoms with Gasteiger partial charge >= 0.3 is 5.69 Å². The fourth-order valence-electron chi connectivity index (χ4n) is 1.54. The van der Waals surface area contributed by atoms with E-state index in [-0.39, 0.29) is 24.7 Å². The predicted molar refractivity (Wildman–Crippen MR) is 64.6 cm³/mol. The molecule has 20 heavy (non-hydrogen) atoms. The maximum Gasteiger partial charge on any atom is 0.311 e. The third-order valence-electron chi connectivity index (χ3n) is 2.39. The molecule has 0 atom stereocenters. The number of nitro benzene ring substituents is 1. The maximum atomic E-state index is 13.1. The summed E-state index contributed by atoms with van der Waals surface area (Å²) in [6, 6.07) is 4.59. The smallest absolute Gasteiger partial charge is 0.311 e. The van der Waals surface area contributed by atoms with E-state index in [9.17, 15) is 14.5 Å².